The summed E-state index contributed by atoms with van der Waals surface area (Å²) in [5.41, 5.74) is 0. The predicted octanol–water partition coefficient (Wildman–Crippen LogP) is -0.913. The van der Waals surface area contributed by atoms with E-state index in [0.717, 1.165) is 0 Å². The van der Waals surface area contributed by atoms with Gasteiger partial charge in [0, 0.05) is 26.7 Å². The quantitative estimate of drug-likeness (QED) is 0.632. The van der Waals surface area contributed by atoms with Crippen LogP contribution in [0.25, 0.3) is 0 Å². The first kappa shape index (κ1) is 17.2. The van der Waals surface area contributed by atoms with E-state index in [0.29, 0.717) is 6.54 Å². The third-order valence-corrected chi connectivity index (χ3v) is 6.57. The van der Waals surface area contributed by atoms with E-state index in [-0.39, 0.29) is 24.9 Å². The Labute approximate surface area is 130 Å². The second-order valence-corrected chi connectivity index (χ2v) is 8.52. The van der Waals surface area contributed by atoms with E-state index in [9.17, 15) is 23.1 Å². The molecule has 1 amide bonds. The Balaban J connectivity index is 1.95. The zero-order valence-electron chi connectivity index (χ0n) is 13.3. The van der Waals surface area contributed by atoms with Crippen LogP contribution in [0.5, 0.6) is 0 Å². The van der Waals surface area contributed by atoms with Crippen LogP contribution in [0.4, 0.5) is 0 Å². The number of carboxylic acids is 1. The number of aliphatic carboxylic acids is 1. The minimum atomic E-state index is -3.35. The molecule has 0 bridgehead atoms. The SMILES string of the molecule is CC(C)[C@@H](C(=O)O)N(C)C(=O)C1CN(S(=O)(=O)C2C[N@@]2C)C1. The Hall–Kier alpha value is -1.19. The summed E-state index contributed by atoms with van der Waals surface area (Å²) < 4.78 is 25.6. The number of carbonyl (C=O) groups is 2. The minimum absolute atomic E-state index is 0.139. The van der Waals surface area contributed by atoms with Gasteiger partial charge in [0.05, 0.1) is 5.92 Å². The molecule has 0 aromatic carbocycles. The van der Waals surface area contributed by atoms with Crippen LogP contribution in [-0.4, -0.2) is 84.7 Å². The lowest BCUT2D eigenvalue weighted by Crippen LogP contribution is -2.59. The summed E-state index contributed by atoms with van der Waals surface area (Å²) in [6.45, 7) is 4.28. The first-order valence-corrected chi connectivity index (χ1v) is 8.76. The van der Waals surface area contributed by atoms with Gasteiger partial charge in [0.25, 0.3) is 0 Å². The second-order valence-electron chi connectivity index (χ2n) is 6.43. The highest BCUT2D eigenvalue weighted by atomic mass is 32.2. The highest BCUT2D eigenvalue weighted by Gasteiger charge is 2.51. The molecule has 1 unspecified atom stereocenters. The molecule has 0 aliphatic carbocycles. The van der Waals surface area contributed by atoms with Crippen LogP contribution in [0, 0.1) is 11.8 Å². The van der Waals surface area contributed by atoms with Gasteiger partial charge in [0.15, 0.2) is 0 Å². The molecule has 8 nitrogen and oxygen atoms in total. The smallest absolute Gasteiger partial charge is 0.326 e. The van der Waals surface area contributed by atoms with Crippen molar-refractivity contribution >= 4 is 21.9 Å². The molecule has 0 aromatic rings. The molecular weight excluding hydrogens is 310 g/mol. The number of likely N-dealkylation sites (N-methyl/N-ethyl adjacent to an activating group) is 2. The molecule has 0 saturated carbocycles. The fourth-order valence-electron chi connectivity index (χ4n) is 2.82. The average Bonchev–Trinajstić information content (AvgIpc) is 3.03. The maximum atomic E-state index is 12.3. The number of rotatable bonds is 6. The normalized spacial score (nSPS) is 27.3. The van der Waals surface area contributed by atoms with E-state index in [1.807, 2.05) is 0 Å². The average molecular weight is 333 g/mol. The molecule has 0 radical (unpaired) electrons. The molecule has 1 N–H and O–H groups in total. The fraction of sp³-hybridized carbons (Fsp3) is 0.846. The van der Waals surface area contributed by atoms with Gasteiger partial charge in [-0.3, -0.25) is 9.69 Å². The van der Waals surface area contributed by atoms with Crippen molar-refractivity contribution < 1.29 is 23.1 Å². The van der Waals surface area contributed by atoms with Crippen LogP contribution in [0.2, 0.25) is 0 Å². The van der Waals surface area contributed by atoms with E-state index < -0.39 is 33.3 Å². The predicted molar refractivity (Wildman–Crippen MR) is 79.4 cm³/mol. The van der Waals surface area contributed by atoms with Crippen LogP contribution in [0.15, 0.2) is 0 Å². The summed E-state index contributed by atoms with van der Waals surface area (Å²) in [4.78, 5) is 26.5. The molecule has 2 heterocycles. The number of amides is 1. The van der Waals surface area contributed by atoms with Gasteiger partial charge in [-0.25, -0.2) is 13.2 Å². The molecule has 22 heavy (non-hydrogen) atoms. The van der Waals surface area contributed by atoms with Crippen LogP contribution in [0.1, 0.15) is 13.8 Å². The van der Waals surface area contributed by atoms with E-state index >= 15 is 0 Å². The monoisotopic (exact) mass is 333 g/mol. The number of nitrogens with zero attached hydrogens (tertiary/aromatic N) is 3. The number of sulfonamides is 1. The zero-order chi connectivity index (χ0) is 16.8. The van der Waals surface area contributed by atoms with E-state index in [4.69, 9.17) is 0 Å². The fourth-order valence-corrected chi connectivity index (χ4v) is 4.82. The Morgan fingerprint density at radius 3 is 2.09 bits per heavy atom. The first-order chi connectivity index (χ1) is 10.1. The van der Waals surface area contributed by atoms with Crippen LogP contribution >= 0.6 is 0 Å². The van der Waals surface area contributed by atoms with Gasteiger partial charge in [-0.1, -0.05) is 13.8 Å². The van der Waals surface area contributed by atoms with Crippen molar-refractivity contribution in [1.82, 2.24) is 14.1 Å². The molecular formula is C13H23N3O5S. The van der Waals surface area contributed by atoms with Gasteiger partial charge in [-0.15, -0.1) is 0 Å². The first-order valence-electron chi connectivity index (χ1n) is 7.26. The largest absolute Gasteiger partial charge is 0.480 e. The van der Waals surface area contributed by atoms with Gasteiger partial charge >= 0.3 is 5.97 Å². The second kappa shape index (κ2) is 5.78. The van der Waals surface area contributed by atoms with E-state index in [1.54, 1.807) is 25.8 Å². The van der Waals surface area contributed by atoms with Crippen LogP contribution in [0.3, 0.4) is 0 Å². The van der Waals surface area contributed by atoms with Crippen molar-refractivity contribution in [2.45, 2.75) is 25.3 Å². The summed E-state index contributed by atoms with van der Waals surface area (Å²) in [6.07, 6.45) is 0. The Morgan fingerprint density at radius 1 is 1.23 bits per heavy atom. The highest BCUT2D eigenvalue weighted by Crippen LogP contribution is 2.30. The highest BCUT2D eigenvalue weighted by molar-refractivity contribution is 7.90. The van der Waals surface area contributed by atoms with Gasteiger partial charge in [-0.05, 0) is 13.0 Å². The maximum Gasteiger partial charge on any atom is 0.326 e. The molecule has 0 spiro atoms. The van der Waals surface area contributed by atoms with Gasteiger partial charge in [0.2, 0.25) is 15.9 Å². The lowest BCUT2D eigenvalue weighted by molar-refractivity contribution is -0.154. The molecule has 2 fully saturated rings. The van der Waals surface area contributed by atoms with Crippen molar-refractivity contribution in [2.24, 2.45) is 11.8 Å². The van der Waals surface area contributed by atoms with Crippen molar-refractivity contribution in [2.75, 3.05) is 33.7 Å². The van der Waals surface area contributed by atoms with Gasteiger partial charge in [-0.2, -0.15) is 4.31 Å². The number of hydrogen-bond acceptors (Lipinski definition) is 5. The Bertz CT molecular complexity index is 570. The van der Waals surface area contributed by atoms with Gasteiger partial charge < -0.3 is 10.0 Å². The Morgan fingerprint density at radius 2 is 1.73 bits per heavy atom. The standard InChI is InChI=1S/C13H23N3O5S/c1-8(2)11(13(18)19)15(4)12(17)9-5-16(6-9)22(20,21)10-7-14(10)3/h8-11H,5-7H2,1-4H3,(H,18,19)/t10?,11-,14+/m0/s1. The maximum absolute atomic E-state index is 12.3. The Kier molecular flexibility index (Phi) is 4.51. The summed E-state index contributed by atoms with van der Waals surface area (Å²) >= 11 is 0. The molecule has 2 rings (SSSR count). The van der Waals surface area contributed by atoms with Crippen LogP contribution in [-0.2, 0) is 19.6 Å². The van der Waals surface area contributed by atoms with Gasteiger partial charge in [0.1, 0.15) is 11.4 Å². The molecule has 2 aliphatic heterocycles. The van der Waals surface area contributed by atoms with Crippen molar-refractivity contribution in [3.63, 3.8) is 0 Å². The van der Waals surface area contributed by atoms with Crippen LogP contribution < -0.4 is 0 Å². The third kappa shape index (κ3) is 2.97. The minimum Gasteiger partial charge on any atom is -0.480 e. The molecule has 0 aromatic heterocycles. The topological polar surface area (TPSA) is 98.0 Å². The number of carbonyl (C=O) groups excluding carboxylic acids is 1. The van der Waals surface area contributed by atoms with Crippen molar-refractivity contribution in [3.8, 4) is 0 Å². The summed E-state index contributed by atoms with van der Waals surface area (Å²) in [5.74, 6) is -2.03. The molecule has 3 atom stereocenters. The lowest BCUT2D eigenvalue weighted by atomic mass is 9.97. The molecule has 2 aliphatic rings. The third-order valence-electron chi connectivity index (χ3n) is 4.35. The molecule has 126 valence electrons. The van der Waals surface area contributed by atoms with E-state index in [1.165, 1.54) is 16.3 Å². The van der Waals surface area contributed by atoms with E-state index in [2.05, 4.69) is 0 Å². The molecule has 2 saturated heterocycles. The van der Waals surface area contributed by atoms with Crippen molar-refractivity contribution in [1.29, 1.82) is 0 Å². The summed E-state index contributed by atoms with van der Waals surface area (Å²) in [6, 6.07) is -0.896. The number of hydrogen-bond donors (Lipinski definition) is 1. The summed E-state index contributed by atoms with van der Waals surface area (Å²) in [5, 5.41) is 8.75. The summed E-state index contributed by atoms with van der Waals surface area (Å²) in [7, 11) is -0.151. The molecule has 9 heteroatoms. The zero-order valence-corrected chi connectivity index (χ0v) is 14.1. The lowest BCUT2D eigenvalue weighted by Gasteiger charge is -2.40. The number of carboxylic acid groups (broad SMARTS) is 1. The van der Waals surface area contributed by atoms with Crippen molar-refractivity contribution in [3.05, 3.63) is 0 Å².